The highest BCUT2D eigenvalue weighted by Crippen LogP contribution is 2.21. The van der Waals surface area contributed by atoms with Crippen molar-refractivity contribution in [3.8, 4) is 0 Å². The molecule has 3 aromatic rings. The van der Waals surface area contributed by atoms with Gasteiger partial charge in [0.25, 0.3) is 5.91 Å². The number of hydrogen-bond donors (Lipinski definition) is 1. The number of hydrogen-bond acceptors (Lipinski definition) is 4. The minimum absolute atomic E-state index is 0.259. The van der Waals surface area contributed by atoms with Gasteiger partial charge in [-0.1, -0.05) is 6.07 Å². The van der Waals surface area contributed by atoms with E-state index in [0.29, 0.717) is 16.3 Å². The van der Waals surface area contributed by atoms with Gasteiger partial charge in [0.2, 0.25) is 0 Å². The highest BCUT2D eigenvalue weighted by Gasteiger charge is 2.15. The molecule has 0 saturated heterocycles. The van der Waals surface area contributed by atoms with Crippen LogP contribution in [-0.2, 0) is 12.8 Å². The molecule has 0 bridgehead atoms. The summed E-state index contributed by atoms with van der Waals surface area (Å²) in [5.41, 5.74) is 2.31. The lowest BCUT2D eigenvalue weighted by Gasteiger charge is -2.03. The van der Waals surface area contributed by atoms with Crippen molar-refractivity contribution in [2.75, 3.05) is 5.32 Å². The van der Waals surface area contributed by atoms with Crippen molar-refractivity contribution in [3.05, 3.63) is 75.8 Å². The number of carbonyl (C=O) groups is 1. The second kappa shape index (κ2) is 7.31. The second-order valence-corrected chi connectivity index (χ2v) is 6.43. The van der Waals surface area contributed by atoms with Crippen molar-refractivity contribution >= 4 is 22.9 Å². The van der Waals surface area contributed by atoms with E-state index in [1.54, 1.807) is 24.5 Å². The summed E-state index contributed by atoms with van der Waals surface area (Å²) in [7, 11) is 0. The Balaban J connectivity index is 1.68. The third-order valence-corrected chi connectivity index (χ3v) is 4.72. The van der Waals surface area contributed by atoms with Crippen LogP contribution < -0.4 is 5.32 Å². The first-order valence-corrected chi connectivity index (χ1v) is 8.35. The molecule has 1 N–H and O–H groups in total. The van der Waals surface area contributed by atoms with Gasteiger partial charge in [0.1, 0.15) is 10.7 Å². The molecule has 2 heterocycles. The van der Waals surface area contributed by atoms with E-state index in [-0.39, 0.29) is 11.7 Å². The number of aryl methyl sites for hydroxylation is 3. The minimum Gasteiger partial charge on any atom is -0.321 e. The standard InChI is InChI=1S/C18H16FN3OS/c1-12-17(18(23)22-15-4-2-3-14(19)11-15)24-16(21-12)6-5-13-7-9-20-10-8-13/h2-4,7-11H,5-6H2,1H3,(H,22,23). The average Bonchev–Trinajstić information content (AvgIpc) is 2.95. The highest BCUT2D eigenvalue weighted by atomic mass is 32.1. The monoisotopic (exact) mass is 341 g/mol. The van der Waals surface area contributed by atoms with Crippen molar-refractivity contribution in [2.45, 2.75) is 19.8 Å². The molecular weight excluding hydrogens is 325 g/mol. The van der Waals surface area contributed by atoms with Crippen LogP contribution in [0, 0.1) is 12.7 Å². The van der Waals surface area contributed by atoms with Crippen LogP contribution in [0.2, 0.25) is 0 Å². The Hall–Kier alpha value is -2.60. The lowest BCUT2D eigenvalue weighted by molar-refractivity contribution is 0.103. The van der Waals surface area contributed by atoms with Crippen LogP contribution in [0.1, 0.15) is 25.9 Å². The number of aromatic nitrogens is 2. The van der Waals surface area contributed by atoms with Crippen molar-refractivity contribution in [3.63, 3.8) is 0 Å². The molecule has 0 fully saturated rings. The number of nitrogens with one attached hydrogen (secondary N) is 1. The quantitative estimate of drug-likeness (QED) is 0.762. The summed E-state index contributed by atoms with van der Waals surface area (Å²) in [6.45, 7) is 1.81. The van der Waals surface area contributed by atoms with Crippen molar-refractivity contribution < 1.29 is 9.18 Å². The number of pyridine rings is 1. The van der Waals surface area contributed by atoms with Crippen LogP contribution in [0.5, 0.6) is 0 Å². The second-order valence-electron chi connectivity index (χ2n) is 5.34. The molecule has 4 nitrogen and oxygen atoms in total. The van der Waals surface area contributed by atoms with Crippen molar-refractivity contribution in [1.29, 1.82) is 0 Å². The minimum atomic E-state index is -0.383. The number of carbonyl (C=O) groups excluding carboxylic acids is 1. The summed E-state index contributed by atoms with van der Waals surface area (Å²) in [5.74, 6) is -0.641. The Morgan fingerprint density at radius 3 is 2.75 bits per heavy atom. The molecule has 0 aliphatic heterocycles. The fourth-order valence-electron chi connectivity index (χ4n) is 2.32. The Kier molecular flexibility index (Phi) is 4.96. The fraction of sp³-hybridized carbons (Fsp3) is 0.167. The number of nitrogens with zero attached hydrogens (tertiary/aromatic N) is 2. The van der Waals surface area contributed by atoms with E-state index in [9.17, 15) is 9.18 Å². The molecule has 0 spiro atoms. The van der Waals surface area contributed by atoms with Crippen molar-refractivity contribution in [2.24, 2.45) is 0 Å². The molecule has 0 aliphatic carbocycles. The molecular formula is C18H16FN3OS. The van der Waals surface area contributed by atoms with Crippen LogP contribution in [0.4, 0.5) is 10.1 Å². The van der Waals surface area contributed by atoms with Gasteiger partial charge in [-0.05, 0) is 49.2 Å². The van der Waals surface area contributed by atoms with Crippen LogP contribution in [0.3, 0.4) is 0 Å². The lowest BCUT2D eigenvalue weighted by Crippen LogP contribution is -2.11. The van der Waals surface area contributed by atoms with E-state index < -0.39 is 0 Å². The van der Waals surface area contributed by atoms with E-state index >= 15 is 0 Å². The Morgan fingerprint density at radius 2 is 2.00 bits per heavy atom. The molecule has 1 aromatic carbocycles. The molecule has 0 saturated carbocycles. The number of amides is 1. The van der Waals surface area contributed by atoms with Gasteiger partial charge in [-0.15, -0.1) is 11.3 Å². The Bertz CT molecular complexity index is 848. The van der Waals surface area contributed by atoms with E-state index in [1.807, 2.05) is 19.1 Å². The number of thiazole rings is 1. The predicted octanol–water partition coefficient (Wildman–Crippen LogP) is 4.02. The normalized spacial score (nSPS) is 10.6. The third-order valence-electron chi connectivity index (χ3n) is 3.51. The maximum atomic E-state index is 13.2. The number of rotatable bonds is 5. The van der Waals surface area contributed by atoms with Gasteiger partial charge in [-0.2, -0.15) is 0 Å². The van der Waals surface area contributed by atoms with Crippen LogP contribution in [0.15, 0.2) is 48.8 Å². The lowest BCUT2D eigenvalue weighted by atomic mass is 10.1. The number of halogens is 1. The molecule has 0 aliphatic rings. The van der Waals surface area contributed by atoms with E-state index in [2.05, 4.69) is 15.3 Å². The Morgan fingerprint density at radius 1 is 1.21 bits per heavy atom. The van der Waals surface area contributed by atoms with E-state index in [4.69, 9.17) is 0 Å². The summed E-state index contributed by atoms with van der Waals surface area (Å²) in [6.07, 6.45) is 5.14. The smallest absolute Gasteiger partial charge is 0.267 e. The summed E-state index contributed by atoms with van der Waals surface area (Å²) in [4.78, 5) is 21.4. The third kappa shape index (κ3) is 4.02. The summed E-state index contributed by atoms with van der Waals surface area (Å²) in [6, 6.07) is 9.78. The zero-order chi connectivity index (χ0) is 16.9. The molecule has 6 heteroatoms. The first-order chi connectivity index (χ1) is 11.6. The maximum Gasteiger partial charge on any atom is 0.267 e. The molecule has 0 radical (unpaired) electrons. The van der Waals surface area contributed by atoms with Gasteiger partial charge in [0.15, 0.2) is 0 Å². The van der Waals surface area contributed by atoms with Gasteiger partial charge in [-0.3, -0.25) is 9.78 Å². The molecule has 0 atom stereocenters. The van der Waals surface area contributed by atoms with Gasteiger partial charge in [-0.25, -0.2) is 9.37 Å². The number of benzene rings is 1. The predicted molar refractivity (Wildman–Crippen MR) is 92.8 cm³/mol. The van der Waals surface area contributed by atoms with Crippen molar-refractivity contribution in [1.82, 2.24) is 9.97 Å². The van der Waals surface area contributed by atoms with Gasteiger partial charge >= 0.3 is 0 Å². The fourth-order valence-corrected chi connectivity index (χ4v) is 3.28. The largest absolute Gasteiger partial charge is 0.321 e. The van der Waals surface area contributed by atoms with E-state index in [0.717, 1.165) is 17.8 Å². The van der Waals surface area contributed by atoms with Gasteiger partial charge in [0, 0.05) is 24.5 Å². The zero-order valence-corrected chi connectivity index (χ0v) is 13.9. The molecule has 2 aromatic heterocycles. The van der Waals surface area contributed by atoms with E-state index in [1.165, 1.54) is 29.0 Å². The summed E-state index contributed by atoms with van der Waals surface area (Å²) >= 11 is 1.38. The zero-order valence-electron chi connectivity index (χ0n) is 13.1. The topological polar surface area (TPSA) is 54.9 Å². The average molecular weight is 341 g/mol. The van der Waals surface area contributed by atoms with Crippen LogP contribution in [0.25, 0.3) is 0 Å². The van der Waals surface area contributed by atoms with Gasteiger partial charge in [0.05, 0.1) is 10.7 Å². The molecule has 24 heavy (non-hydrogen) atoms. The molecule has 3 rings (SSSR count). The first kappa shape index (κ1) is 16.3. The summed E-state index contributed by atoms with van der Waals surface area (Å²) in [5, 5.41) is 3.62. The SMILES string of the molecule is Cc1nc(CCc2ccncc2)sc1C(=O)Nc1cccc(F)c1. The first-order valence-electron chi connectivity index (χ1n) is 7.54. The Labute approximate surface area is 143 Å². The maximum absolute atomic E-state index is 13.2. The number of anilines is 1. The van der Waals surface area contributed by atoms with Gasteiger partial charge < -0.3 is 5.32 Å². The molecule has 1 amide bonds. The molecule has 0 unspecified atom stereocenters. The van der Waals surface area contributed by atoms with Crippen LogP contribution >= 0.6 is 11.3 Å². The summed E-state index contributed by atoms with van der Waals surface area (Å²) < 4.78 is 13.2. The molecule has 122 valence electrons. The highest BCUT2D eigenvalue weighted by molar-refractivity contribution is 7.13. The van der Waals surface area contributed by atoms with Crippen LogP contribution in [-0.4, -0.2) is 15.9 Å².